The summed E-state index contributed by atoms with van der Waals surface area (Å²) in [7, 11) is 0. The molecule has 0 bridgehead atoms. The molecular weight excluding hydrogens is 736 g/mol. The molecule has 0 aromatic heterocycles. The zero-order chi connectivity index (χ0) is 42.6. The van der Waals surface area contributed by atoms with E-state index < -0.39 is 73.6 Å². The average molecular weight is 795 g/mol. The van der Waals surface area contributed by atoms with E-state index in [1.807, 2.05) is 0 Å². The van der Waals surface area contributed by atoms with Crippen LogP contribution >= 0.6 is 0 Å². The van der Waals surface area contributed by atoms with Crippen molar-refractivity contribution in [1.82, 2.24) is 0 Å². The van der Waals surface area contributed by atoms with Crippen molar-refractivity contribution in [2.24, 2.45) is 41.4 Å². The van der Waals surface area contributed by atoms with E-state index in [1.165, 1.54) is 24.5 Å². The van der Waals surface area contributed by atoms with E-state index in [-0.39, 0.29) is 12.3 Å². The first-order valence-electron chi connectivity index (χ1n) is 16.9. The molecule has 0 spiro atoms. The van der Waals surface area contributed by atoms with Crippen LogP contribution in [0.3, 0.4) is 0 Å². The van der Waals surface area contributed by atoms with Crippen molar-refractivity contribution in [2.75, 3.05) is 0 Å². The van der Waals surface area contributed by atoms with Gasteiger partial charge >= 0.3 is 30.9 Å². The van der Waals surface area contributed by atoms with E-state index in [0.29, 0.717) is 6.92 Å². The highest BCUT2D eigenvalue weighted by Gasteiger charge is 2.46. The minimum absolute atomic E-state index is 0.122. The van der Waals surface area contributed by atoms with Crippen molar-refractivity contribution >= 4 is 0 Å². The minimum Gasteiger partial charge on any atom is -0.246 e. The molecule has 0 aliphatic rings. The minimum atomic E-state index is -4.93. The molecule has 0 N–H and O–H groups in total. The van der Waals surface area contributed by atoms with Gasteiger partial charge in [-0.3, -0.25) is 0 Å². The summed E-state index contributed by atoms with van der Waals surface area (Å²) in [4.78, 5) is 0. The molecule has 1 rings (SSSR count). The van der Waals surface area contributed by atoms with E-state index in [4.69, 9.17) is 0 Å². The Kier molecular flexibility index (Phi) is 27.6. The van der Waals surface area contributed by atoms with Crippen LogP contribution in [-0.4, -0.2) is 37.1 Å². The fraction of sp³-hybridized carbons (Fsp3) is 0.833. The maximum atomic E-state index is 12.3. The van der Waals surface area contributed by atoms with Crippen molar-refractivity contribution in [3.63, 3.8) is 0 Å². The molecular formula is C36H58F16. The first-order chi connectivity index (χ1) is 22.9. The van der Waals surface area contributed by atoms with Crippen LogP contribution in [0.2, 0.25) is 0 Å². The highest BCUT2D eigenvalue weighted by molar-refractivity contribution is 5.25. The molecule has 1 aromatic rings. The molecule has 0 nitrogen and oxygen atoms in total. The molecule has 1 aromatic carbocycles. The van der Waals surface area contributed by atoms with Gasteiger partial charge in [-0.05, 0) is 61.5 Å². The highest BCUT2D eigenvalue weighted by atomic mass is 19.4. The second-order valence-electron chi connectivity index (χ2n) is 14.2. The molecule has 0 aliphatic carbocycles. The number of hydrogen-bond acceptors (Lipinski definition) is 0. The van der Waals surface area contributed by atoms with Gasteiger partial charge in [0.2, 0.25) is 0 Å². The standard InChI is InChI=1S/C9H12.C7H10F6.C7H13F3.C7H16.C6H7F7/c1-3-9-7-5-4-6-8(9)2;1-4(6(8,9)10)3-5(2)7(11,12)13;1-5(2)4-6(3)7(8,9)10;1-6(2)5-7(3)4;1-3(6(11,12)13)4(7)2-5(8,9)10/h4-7H,3H2,1-2H3;4-5H,3H2,1-2H3;5-6H,4H2,1-3H3;6-7H,5H2,1-4H3;3-4H,2H2,1H3. The molecule has 0 heterocycles. The van der Waals surface area contributed by atoms with Crippen molar-refractivity contribution in [1.29, 1.82) is 0 Å². The predicted molar refractivity (Wildman–Crippen MR) is 175 cm³/mol. The Hall–Kier alpha value is -1.90. The molecule has 0 aliphatic heterocycles. The van der Waals surface area contributed by atoms with Gasteiger partial charge in [0.15, 0.2) is 0 Å². The van der Waals surface area contributed by atoms with Gasteiger partial charge in [0.1, 0.15) is 6.17 Å². The van der Waals surface area contributed by atoms with Crippen LogP contribution in [0, 0.1) is 48.3 Å². The van der Waals surface area contributed by atoms with Crippen molar-refractivity contribution in [3.8, 4) is 0 Å². The van der Waals surface area contributed by atoms with Gasteiger partial charge < -0.3 is 0 Å². The number of aryl methyl sites for hydroxylation is 2. The zero-order valence-corrected chi connectivity index (χ0v) is 32.0. The fourth-order valence-electron chi connectivity index (χ4n) is 4.19. The molecule has 16 heteroatoms. The molecule has 0 saturated heterocycles. The molecule has 5 atom stereocenters. The van der Waals surface area contributed by atoms with E-state index >= 15 is 0 Å². The first kappa shape index (κ1) is 56.8. The smallest absolute Gasteiger partial charge is 0.246 e. The number of hydrogen-bond donors (Lipinski definition) is 0. The topological polar surface area (TPSA) is 0 Å². The van der Waals surface area contributed by atoms with Crippen molar-refractivity contribution in [3.05, 3.63) is 35.4 Å². The maximum absolute atomic E-state index is 12.3. The third-order valence-corrected chi connectivity index (χ3v) is 7.28. The SMILES string of the molecule is CC(C(F)CC(F)(F)F)C(F)(F)F.CC(C)CC(C)C.CC(C)CC(C)C(F)(F)F.CC(CC(C)C(F)(F)F)C(F)(F)F.CCc1ccccc1C. The average Bonchev–Trinajstić information content (AvgIpc) is 2.90. The lowest BCUT2D eigenvalue weighted by molar-refractivity contribution is -0.205. The Balaban J connectivity index is -0.000000281. The lowest BCUT2D eigenvalue weighted by atomic mass is 9.96. The van der Waals surface area contributed by atoms with Crippen LogP contribution in [0.1, 0.15) is 113 Å². The molecule has 5 unspecified atom stereocenters. The summed E-state index contributed by atoms with van der Waals surface area (Å²) >= 11 is 0. The van der Waals surface area contributed by atoms with Crippen molar-refractivity contribution in [2.45, 2.75) is 152 Å². The van der Waals surface area contributed by atoms with Gasteiger partial charge in [-0.15, -0.1) is 0 Å². The Morgan fingerprint density at radius 3 is 1.00 bits per heavy atom. The zero-order valence-electron chi connectivity index (χ0n) is 32.0. The predicted octanol–water partition coefficient (Wildman–Crippen LogP) is 15.7. The summed E-state index contributed by atoms with van der Waals surface area (Å²) in [5.41, 5.74) is 2.86. The lowest BCUT2D eigenvalue weighted by Crippen LogP contribution is -2.32. The highest BCUT2D eigenvalue weighted by Crippen LogP contribution is 2.37. The quantitative estimate of drug-likeness (QED) is 0.219. The third kappa shape index (κ3) is 33.9. The number of benzene rings is 1. The summed E-state index contributed by atoms with van der Waals surface area (Å²) in [5.74, 6) is -5.70. The largest absolute Gasteiger partial charge is 0.394 e. The third-order valence-electron chi connectivity index (χ3n) is 7.28. The summed E-state index contributed by atoms with van der Waals surface area (Å²) in [6.45, 7) is 20.1. The Morgan fingerprint density at radius 1 is 0.481 bits per heavy atom. The summed E-state index contributed by atoms with van der Waals surface area (Å²) in [6.07, 6.45) is -26.1. The number of rotatable bonds is 9. The molecule has 0 radical (unpaired) electrons. The summed E-state index contributed by atoms with van der Waals surface area (Å²) < 4.78 is 188. The normalized spacial score (nSPS) is 15.4. The molecule has 0 fully saturated rings. The van der Waals surface area contributed by atoms with E-state index in [9.17, 15) is 70.2 Å². The van der Waals surface area contributed by atoms with E-state index in [2.05, 4.69) is 65.8 Å². The van der Waals surface area contributed by atoms with Gasteiger partial charge in [0.05, 0.1) is 30.1 Å². The van der Waals surface area contributed by atoms with Crippen LogP contribution in [0.4, 0.5) is 70.2 Å². The molecule has 0 amide bonds. The number of halogens is 16. The van der Waals surface area contributed by atoms with Crippen molar-refractivity contribution < 1.29 is 70.2 Å². The second kappa shape index (κ2) is 25.2. The molecule has 0 saturated carbocycles. The number of alkyl halides is 16. The van der Waals surface area contributed by atoms with Gasteiger partial charge in [-0.1, -0.05) is 100 Å². The van der Waals surface area contributed by atoms with Gasteiger partial charge in [0, 0.05) is 0 Å². The summed E-state index contributed by atoms with van der Waals surface area (Å²) in [6, 6.07) is 8.49. The second-order valence-corrected chi connectivity index (χ2v) is 14.2. The maximum Gasteiger partial charge on any atom is 0.394 e. The van der Waals surface area contributed by atoms with Gasteiger partial charge in [-0.25, -0.2) is 4.39 Å². The lowest BCUT2D eigenvalue weighted by Gasteiger charge is -2.21. The summed E-state index contributed by atoms with van der Waals surface area (Å²) in [5, 5.41) is 0. The Bertz CT molecular complexity index is 976. The van der Waals surface area contributed by atoms with Crippen LogP contribution in [0.5, 0.6) is 0 Å². The monoisotopic (exact) mass is 794 g/mol. The van der Waals surface area contributed by atoms with E-state index in [0.717, 1.165) is 32.1 Å². The Morgan fingerprint density at radius 2 is 0.808 bits per heavy atom. The van der Waals surface area contributed by atoms with Crippen LogP contribution in [-0.2, 0) is 6.42 Å². The van der Waals surface area contributed by atoms with Crippen LogP contribution in [0.15, 0.2) is 24.3 Å². The van der Waals surface area contributed by atoms with Gasteiger partial charge in [-0.2, -0.15) is 65.9 Å². The Labute approximate surface area is 299 Å². The van der Waals surface area contributed by atoms with Crippen LogP contribution in [0.25, 0.3) is 0 Å². The van der Waals surface area contributed by atoms with Crippen LogP contribution < -0.4 is 0 Å². The molecule has 52 heavy (non-hydrogen) atoms. The molecule has 314 valence electrons. The fourth-order valence-corrected chi connectivity index (χ4v) is 4.19. The first-order valence-corrected chi connectivity index (χ1v) is 16.9. The van der Waals surface area contributed by atoms with Gasteiger partial charge in [0.25, 0.3) is 0 Å². The van der Waals surface area contributed by atoms with E-state index in [1.54, 1.807) is 13.8 Å².